The van der Waals surface area contributed by atoms with E-state index in [0.29, 0.717) is 6.42 Å². The van der Waals surface area contributed by atoms with Crippen molar-refractivity contribution in [1.82, 2.24) is 4.90 Å². The van der Waals surface area contributed by atoms with Crippen LogP contribution in [0, 0.1) is 11.8 Å². The van der Waals surface area contributed by atoms with Crippen LogP contribution in [0.4, 0.5) is 0 Å². The Balaban J connectivity index is 3.34. The molecule has 1 fully saturated rings. The van der Waals surface area contributed by atoms with Crippen LogP contribution in [0.5, 0.6) is 0 Å². The molecule has 2 atom stereocenters. The van der Waals surface area contributed by atoms with E-state index in [1.54, 1.807) is 4.90 Å². The van der Waals surface area contributed by atoms with Crippen molar-refractivity contribution >= 4 is 11.9 Å². The van der Waals surface area contributed by atoms with Crippen LogP contribution in [0.2, 0.25) is 0 Å². The summed E-state index contributed by atoms with van der Waals surface area (Å²) in [7, 11) is 0. The van der Waals surface area contributed by atoms with Gasteiger partial charge in [0.2, 0.25) is 5.91 Å². The lowest BCUT2D eigenvalue weighted by Crippen LogP contribution is -2.65. The molecule has 0 aromatic rings. The second-order valence-electron chi connectivity index (χ2n) is 6.31. The van der Waals surface area contributed by atoms with Gasteiger partial charge in [0, 0.05) is 13.0 Å². The Labute approximate surface area is 116 Å². The predicted molar refractivity (Wildman–Crippen MR) is 74.8 cm³/mol. The fourth-order valence-corrected chi connectivity index (χ4v) is 3.84. The molecule has 0 bridgehead atoms. The average molecular weight is 269 g/mol. The van der Waals surface area contributed by atoms with Crippen molar-refractivity contribution in [1.29, 1.82) is 0 Å². The first-order chi connectivity index (χ1) is 8.75. The van der Waals surface area contributed by atoms with E-state index < -0.39 is 11.5 Å². The Morgan fingerprint density at radius 3 is 2.16 bits per heavy atom. The molecule has 0 radical (unpaired) electrons. The summed E-state index contributed by atoms with van der Waals surface area (Å²) in [6.45, 7) is 9.41. The Morgan fingerprint density at radius 2 is 1.79 bits per heavy atom. The van der Waals surface area contributed by atoms with Gasteiger partial charge >= 0.3 is 5.97 Å². The number of hydrogen-bond donors (Lipinski definition) is 1. The molecule has 19 heavy (non-hydrogen) atoms. The molecule has 0 aliphatic heterocycles. The minimum Gasteiger partial charge on any atom is -0.479 e. The highest BCUT2D eigenvalue weighted by Gasteiger charge is 2.54. The standard InChI is InChI=1S/C15H27NO3/c1-10(2)13-8-6-7-9-15(13,14(18)19)16(11(3)4)12(5)17/h10-11,13H,6-9H2,1-5H3,(H,18,19). The van der Waals surface area contributed by atoms with Gasteiger partial charge in [-0.15, -0.1) is 0 Å². The predicted octanol–water partition coefficient (Wildman–Crippen LogP) is 2.91. The summed E-state index contributed by atoms with van der Waals surface area (Å²) < 4.78 is 0. The van der Waals surface area contributed by atoms with E-state index in [9.17, 15) is 14.7 Å². The molecule has 0 spiro atoms. The SMILES string of the molecule is CC(=O)N(C(C)C)C1(C(=O)O)CCCCC1C(C)C. The number of carbonyl (C=O) groups is 2. The van der Waals surface area contributed by atoms with Gasteiger partial charge in [0.15, 0.2) is 0 Å². The molecule has 1 N–H and O–H groups in total. The number of carboxylic acid groups (broad SMARTS) is 1. The van der Waals surface area contributed by atoms with Gasteiger partial charge < -0.3 is 10.0 Å². The minimum atomic E-state index is -1.02. The Morgan fingerprint density at radius 1 is 1.21 bits per heavy atom. The summed E-state index contributed by atoms with van der Waals surface area (Å²) >= 11 is 0. The van der Waals surface area contributed by atoms with Gasteiger partial charge in [-0.3, -0.25) is 4.79 Å². The van der Waals surface area contributed by atoms with E-state index in [1.165, 1.54) is 6.92 Å². The normalized spacial score (nSPS) is 27.6. The summed E-state index contributed by atoms with van der Waals surface area (Å²) in [5, 5.41) is 9.88. The smallest absolute Gasteiger partial charge is 0.329 e. The highest BCUT2D eigenvalue weighted by Crippen LogP contribution is 2.43. The van der Waals surface area contributed by atoms with Gasteiger partial charge in [-0.2, -0.15) is 0 Å². The first kappa shape index (κ1) is 16.0. The molecule has 4 heteroatoms. The van der Waals surface area contributed by atoms with Crippen LogP contribution >= 0.6 is 0 Å². The summed E-state index contributed by atoms with van der Waals surface area (Å²) in [4.78, 5) is 25.7. The van der Waals surface area contributed by atoms with E-state index in [1.807, 2.05) is 13.8 Å². The Hall–Kier alpha value is -1.06. The van der Waals surface area contributed by atoms with Gasteiger partial charge in [0.1, 0.15) is 5.54 Å². The number of carboxylic acids is 1. The van der Waals surface area contributed by atoms with Crippen LogP contribution in [0.25, 0.3) is 0 Å². The molecule has 0 saturated heterocycles. The fourth-order valence-electron chi connectivity index (χ4n) is 3.84. The summed E-state index contributed by atoms with van der Waals surface area (Å²) in [5.74, 6) is -0.679. The quantitative estimate of drug-likeness (QED) is 0.853. The maximum absolute atomic E-state index is 12.0. The molecule has 1 rings (SSSR count). The zero-order chi connectivity index (χ0) is 14.8. The van der Waals surface area contributed by atoms with E-state index in [0.717, 1.165) is 19.3 Å². The molecule has 1 aliphatic rings. The zero-order valence-electron chi connectivity index (χ0n) is 12.8. The van der Waals surface area contributed by atoms with Crippen LogP contribution in [0.1, 0.15) is 60.3 Å². The minimum absolute atomic E-state index is 0.0325. The van der Waals surface area contributed by atoms with Gasteiger partial charge in [0.05, 0.1) is 0 Å². The summed E-state index contributed by atoms with van der Waals surface area (Å²) in [5.41, 5.74) is -1.02. The number of carbonyl (C=O) groups excluding carboxylic acids is 1. The molecule has 1 amide bonds. The average Bonchev–Trinajstić information content (AvgIpc) is 2.27. The zero-order valence-corrected chi connectivity index (χ0v) is 12.8. The van der Waals surface area contributed by atoms with Crippen molar-refractivity contribution in [3.63, 3.8) is 0 Å². The largest absolute Gasteiger partial charge is 0.479 e. The number of amides is 1. The van der Waals surface area contributed by atoms with Crippen LogP contribution in [-0.2, 0) is 9.59 Å². The van der Waals surface area contributed by atoms with Crippen molar-refractivity contribution < 1.29 is 14.7 Å². The first-order valence-corrected chi connectivity index (χ1v) is 7.28. The van der Waals surface area contributed by atoms with E-state index in [4.69, 9.17) is 0 Å². The maximum atomic E-state index is 12.0. The molecule has 4 nitrogen and oxygen atoms in total. The maximum Gasteiger partial charge on any atom is 0.329 e. The lowest BCUT2D eigenvalue weighted by atomic mass is 9.66. The highest BCUT2D eigenvalue weighted by molar-refractivity contribution is 5.87. The third-order valence-corrected chi connectivity index (χ3v) is 4.40. The molecule has 1 aliphatic carbocycles. The van der Waals surface area contributed by atoms with Crippen LogP contribution in [0.15, 0.2) is 0 Å². The van der Waals surface area contributed by atoms with Crippen molar-refractivity contribution in [2.24, 2.45) is 11.8 Å². The molecule has 110 valence electrons. The van der Waals surface area contributed by atoms with Crippen LogP contribution in [-0.4, -0.2) is 33.5 Å². The van der Waals surface area contributed by atoms with Crippen molar-refractivity contribution in [2.75, 3.05) is 0 Å². The lowest BCUT2D eigenvalue weighted by molar-refractivity contribution is -0.171. The Bertz CT molecular complexity index is 351. The molecule has 2 unspecified atom stereocenters. The number of aliphatic carboxylic acids is 1. The third kappa shape index (κ3) is 2.77. The van der Waals surface area contributed by atoms with E-state index >= 15 is 0 Å². The fraction of sp³-hybridized carbons (Fsp3) is 0.867. The Kier molecular flexibility index (Phi) is 4.99. The molecule has 1 saturated carbocycles. The second kappa shape index (κ2) is 5.93. The second-order valence-corrected chi connectivity index (χ2v) is 6.31. The monoisotopic (exact) mass is 269 g/mol. The van der Waals surface area contributed by atoms with Gasteiger partial charge in [-0.05, 0) is 38.5 Å². The van der Waals surface area contributed by atoms with Crippen molar-refractivity contribution in [3.05, 3.63) is 0 Å². The lowest BCUT2D eigenvalue weighted by Gasteiger charge is -2.51. The van der Waals surface area contributed by atoms with Gasteiger partial charge in [-0.1, -0.05) is 26.7 Å². The summed E-state index contributed by atoms with van der Waals surface area (Å²) in [6.07, 6.45) is 3.40. The van der Waals surface area contributed by atoms with Crippen molar-refractivity contribution in [3.8, 4) is 0 Å². The first-order valence-electron chi connectivity index (χ1n) is 7.28. The third-order valence-electron chi connectivity index (χ3n) is 4.40. The van der Waals surface area contributed by atoms with Gasteiger partial charge in [-0.25, -0.2) is 4.79 Å². The van der Waals surface area contributed by atoms with Crippen LogP contribution < -0.4 is 0 Å². The van der Waals surface area contributed by atoms with E-state index in [-0.39, 0.29) is 23.8 Å². The molecule has 0 heterocycles. The summed E-state index contributed by atoms with van der Waals surface area (Å²) in [6, 6.07) is -0.0899. The van der Waals surface area contributed by atoms with Crippen molar-refractivity contribution in [2.45, 2.75) is 71.9 Å². The molecule has 0 aromatic carbocycles. The topological polar surface area (TPSA) is 57.6 Å². The number of hydrogen-bond acceptors (Lipinski definition) is 2. The highest BCUT2D eigenvalue weighted by atomic mass is 16.4. The van der Waals surface area contributed by atoms with Crippen LogP contribution in [0.3, 0.4) is 0 Å². The van der Waals surface area contributed by atoms with Gasteiger partial charge in [0.25, 0.3) is 0 Å². The van der Waals surface area contributed by atoms with E-state index in [2.05, 4.69) is 13.8 Å². The number of rotatable bonds is 4. The molecule has 0 aromatic heterocycles. The molecular formula is C15H27NO3. The number of nitrogens with zero attached hydrogens (tertiary/aromatic N) is 1. The molecular weight excluding hydrogens is 242 g/mol.